The molecule has 0 aliphatic heterocycles. The molecule has 2 rings (SSSR count). The van der Waals surface area contributed by atoms with Gasteiger partial charge in [-0.2, -0.15) is 0 Å². The zero-order valence-electron chi connectivity index (χ0n) is 11.8. The number of unbranched alkanes of at least 4 members (excludes halogenated alkanes) is 1. The highest BCUT2D eigenvalue weighted by Crippen LogP contribution is 2.20. The number of fused-ring (bicyclic) bond motifs is 1. The van der Waals surface area contributed by atoms with Crippen LogP contribution in [-0.4, -0.2) is 31.8 Å². The van der Waals surface area contributed by atoms with Gasteiger partial charge in [-0.25, -0.2) is 4.79 Å². The van der Waals surface area contributed by atoms with E-state index in [1.807, 2.05) is 25.2 Å². The van der Waals surface area contributed by atoms with Gasteiger partial charge in [0.15, 0.2) is 5.58 Å². The van der Waals surface area contributed by atoms with Gasteiger partial charge in [-0.15, -0.1) is 0 Å². The molecule has 19 heavy (non-hydrogen) atoms. The zero-order valence-corrected chi connectivity index (χ0v) is 11.8. The molecule has 104 valence electrons. The van der Waals surface area contributed by atoms with E-state index >= 15 is 0 Å². The first-order valence-corrected chi connectivity index (χ1v) is 6.59. The number of nitrogens with zero attached hydrogens (tertiary/aromatic N) is 2. The number of oxazole rings is 1. The Labute approximate surface area is 112 Å². The lowest BCUT2D eigenvalue weighted by Gasteiger charge is -2.19. The van der Waals surface area contributed by atoms with Gasteiger partial charge in [-0.05, 0) is 44.6 Å². The summed E-state index contributed by atoms with van der Waals surface area (Å²) in [5.74, 6) is -0.316. The van der Waals surface area contributed by atoms with E-state index < -0.39 is 0 Å². The van der Waals surface area contributed by atoms with Crippen molar-refractivity contribution in [3.05, 3.63) is 28.7 Å². The van der Waals surface area contributed by atoms with Crippen molar-refractivity contribution in [3.8, 4) is 0 Å². The largest absolute Gasteiger partial charge is 0.419 e. The first-order valence-electron chi connectivity index (χ1n) is 6.59. The van der Waals surface area contributed by atoms with Gasteiger partial charge in [-0.1, -0.05) is 0 Å². The second kappa shape index (κ2) is 5.93. The molecule has 0 bridgehead atoms. The van der Waals surface area contributed by atoms with Crippen LogP contribution < -0.4 is 16.0 Å². The van der Waals surface area contributed by atoms with Crippen LogP contribution >= 0.6 is 0 Å². The molecule has 0 fully saturated rings. The standard InChI is InChI=1S/C14H21N3O2/c1-15-8-4-5-9-16(2)11-6-7-13-12(10-11)17(3)14(18)19-13/h6-7,10,15H,4-5,8-9H2,1-3H3. The smallest absolute Gasteiger partial charge is 0.408 e. The predicted molar refractivity (Wildman–Crippen MR) is 77.9 cm³/mol. The van der Waals surface area contributed by atoms with Gasteiger partial charge in [0.05, 0.1) is 5.52 Å². The molecule has 0 saturated carbocycles. The van der Waals surface area contributed by atoms with E-state index in [9.17, 15) is 4.79 Å². The Morgan fingerprint density at radius 1 is 1.37 bits per heavy atom. The van der Waals surface area contributed by atoms with Gasteiger partial charge < -0.3 is 14.6 Å². The Morgan fingerprint density at radius 3 is 2.89 bits per heavy atom. The van der Waals surface area contributed by atoms with E-state index in [0.29, 0.717) is 5.58 Å². The fourth-order valence-corrected chi connectivity index (χ4v) is 2.13. The molecule has 2 aromatic rings. The van der Waals surface area contributed by atoms with Gasteiger partial charge in [0.1, 0.15) is 0 Å². The first-order chi connectivity index (χ1) is 9.13. The van der Waals surface area contributed by atoms with Gasteiger partial charge >= 0.3 is 5.76 Å². The lowest BCUT2D eigenvalue weighted by molar-refractivity contribution is 0.528. The van der Waals surface area contributed by atoms with Crippen molar-refractivity contribution in [1.82, 2.24) is 9.88 Å². The first kappa shape index (κ1) is 13.7. The maximum atomic E-state index is 11.4. The third kappa shape index (κ3) is 2.98. The van der Waals surface area contributed by atoms with Crippen molar-refractivity contribution in [2.75, 3.05) is 32.1 Å². The Balaban J connectivity index is 2.11. The minimum Gasteiger partial charge on any atom is -0.408 e. The molecule has 0 radical (unpaired) electrons. The highest BCUT2D eigenvalue weighted by Gasteiger charge is 2.08. The third-order valence-corrected chi connectivity index (χ3v) is 3.39. The van der Waals surface area contributed by atoms with Crippen molar-refractivity contribution >= 4 is 16.8 Å². The predicted octanol–water partition coefficient (Wildman–Crippen LogP) is 1.57. The van der Waals surface area contributed by atoms with Crippen LogP contribution in [0.4, 0.5) is 5.69 Å². The van der Waals surface area contributed by atoms with Gasteiger partial charge in [0.25, 0.3) is 0 Å². The lowest BCUT2D eigenvalue weighted by Crippen LogP contribution is -2.20. The monoisotopic (exact) mass is 263 g/mol. The van der Waals surface area contributed by atoms with Crippen molar-refractivity contribution in [1.29, 1.82) is 0 Å². The van der Waals surface area contributed by atoms with Crippen LogP contribution in [0, 0.1) is 0 Å². The minimum atomic E-state index is -0.316. The topological polar surface area (TPSA) is 50.4 Å². The number of aromatic nitrogens is 1. The van der Waals surface area contributed by atoms with Crippen LogP contribution in [0.3, 0.4) is 0 Å². The van der Waals surface area contributed by atoms with Crippen LogP contribution in [0.1, 0.15) is 12.8 Å². The number of hydrogen-bond acceptors (Lipinski definition) is 4. The SMILES string of the molecule is CNCCCCN(C)c1ccc2oc(=O)n(C)c2c1. The molecule has 1 N–H and O–H groups in total. The fraction of sp³-hybridized carbons (Fsp3) is 0.500. The molecular weight excluding hydrogens is 242 g/mol. The number of rotatable bonds is 6. The van der Waals surface area contributed by atoms with E-state index in [-0.39, 0.29) is 5.76 Å². The number of nitrogens with one attached hydrogen (secondary N) is 1. The summed E-state index contributed by atoms with van der Waals surface area (Å²) in [6, 6.07) is 5.85. The van der Waals surface area contributed by atoms with E-state index in [0.717, 1.165) is 37.1 Å². The van der Waals surface area contributed by atoms with Crippen LogP contribution in [0.15, 0.2) is 27.4 Å². The van der Waals surface area contributed by atoms with Crippen LogP contribution in [-0.2, 0) is 7.05 Å². The highest BCUT2D eigenvalue weighted by atomic mass is 16.4. The number of aryl methyl sites for hydroxylation is 1. The maximum absolute atomic E-state index is 11.4. The molecule has 1 heterocycles. The van der Waals surface area contributed by atoms with Crippen molar-refractivity contribution in [2.45, 2.75) is 12.8 Å². The Hall–Kier alpha value is -1.75. The molecule has 0 aliphatic rings. The molecule has 5 nitrogen and oxygen atoms in total. The number of benzene rings is 1. The molecule has 0 spiro atoms. The molecule has 1 aromatic heterocycles. The minimum absolute atomic E-state index is 0.316. The molecule has 0 aliphatic carbocycles. The second-order valence-electron chi connectivity index (χ2n) is 4.81. The summed E-state index contributed by atoms with van der Waals surface area (Å²) >= 11 is 0. The average molecular weight is 263 g/mol. The maximum Gasteiger partial charge on any atom is 0.419 e. The molecule has 0 unspecified atom stereocenters. The zero-order chi connectivity index (χ0) is 13.8. The van der Waals surface area contributed by atoms with Crippen LogP contribution in [0.5, 0.6) is 0 Å². The summed E-state index contributed by atoms with van der Waals surface area (Å²) in [7, 11) is 5.76. The van der Waals surface area contributed by atoms with Crippen molar-refractivity contribution in [3.63, 3.8) is 0 Å². The van der Waals surface area contributed by atoms with Gasteiger partial charge in [0, 0.05) is 26.3 Å². The summed E-state index contributed by atoms with van der Waals surface area (Å²) in [4.78, 5) is 13.6. The van der Waals surface area contributed by atoms with Gasteiger partial charge in [0.2, 0.25) is 0 Å². The lowest BCUT2D eigenvalue weighted by atomic mass is 10.2. The summed E-state index contributed by atoms with van der Waals surface area (Å²) in [6.07, 6.45) is 2.30. The van der Waals surface area contributed by atoms with Crippen LogP contribution in [0.2, 0.25) is 0 Å². The van der Waals surface area contributed by atoms with E-state index in [4.69, 9.17) is 4.42 Å². The summed E-state index contributed by atoms with van der Waals surface area (Å²) < 4.78 is 6.66. The highest BCUT2D eigenvalue weighted by molar-refractivity contribution is 5.77. The average Bonchev–Trinajstić information content (AvgIpc) is 2.70. The van der Waals surface area contributed by atoms with E-state index in [2.05, 4.69) is 17.3 Å². The van der Waals surface area contributed by atoms with Gasteiger partial charge in [-0.3, -0.25) is 4.57 Å². The molecule has 0 amide bonds. The fourth-order valence-electron chi connectivity index (χ4n) is 2.13. The van der Waals surface area contributed by atoms with E-state index in [1.54, 1.807) is 7.05 Å². The van der Waals surface area contributed by atoms with Crippen LogP contribution in [0.25, 0.3) is 11.1 Å². The Morgan fingerprint density at radius 2 is 2.16 bits per heavy atom. The molecule has 1 aromatic carbocycles. The Kier molecular flexibility index (Phi) is 4.27. The molecular formula is C14H21N3O2. The summed E-state index contributed by atoms with van der Waals surface area (Å²) in [5.41, 5.74) is 2.58. The quantitative estimate of drug-likeness (QED) is 0.804. The number of anilines is 1. The molecule has 0 atom stereocenters. The number of hydrogen-bond donors (Lipinski definition) is 1. The van der Waals surface area contributed by atoms with Crippen molar-refractivity contribution < 1.29 is 4.42 Å². The summed E-state index contributed by atoms with van der Waals surface area (Å²) in [6.45, 7) is 2.04. The summed E-state index contributed by atoms with van der Waals surface area (Å²) in [5, 5.41) is 3.15. The normalized spacial score (nSPS) is 11.1. The Bertz CT molecular complexity index is 600. The second-order valence-corrected chi connectivity index (χ2v) is 4.81. The van der Waals surface area contributed by atoms with E-state index in [1.165, 1.54) is 4.57 Å². The van der Waals surface area contributed by atoms with Crippen molar-refractivity contribution in [2.24, 2.45) is 7.05 Å². The third-order valence-electron chi connectivity index (χ3n) is 3.39. The molecule has 5 heteroatoms. The molecule has 0 saturated heterocycles.